The number of carbonyl (C=O) groups excluding carboxylic acids is 1. The summed E-state index contributed by atoms with van der Waals surface area (Å²) in [5.74, 6) is 0.515. The molecular formula is C19H27N5O3S. The fourth-order valence-corrected chi connectivity index (χ4v) is 6.03. The number of sulfonamides is 1. The summed E-state index contributed by atoms with van der Waals surface area (Å²) >= 11 is 0. The standard InChI is InChI=1S/C19H27N5O3S/c1-22-18(23-10-4-5-11-23)17(13-20-22)19(25)24-12-6-9-16(14-24)28(26,27)21-15-7-2-3-8-15/h4-5,10-11,13,15-16,21H,2-3,6-9,12,14H2,1H3. The Morgan fingerprint density at radius 2 is 1.86 bits per heavy atom. The third kappa shape index (κ3) is 3.73. The smallest absolute Gasteiger partial charge is 0.259 e. The lowest BCUT2D eigenvalue weighted by Crippen LogP contribution is -2.50. The number of hydrogen-bond donors (Lipinski definition) is 1. The third-order valence-electron chi connectivity index (χ3n) is 5.78. The van der Waals surface area contributed by atoms with Gasteiger partial charge < -0.3 is 9.47 Å². The number of nitrogens with one attached hydrogen (secondary N) is 1. The second kappa shape index (κ2) is 7.71. The van der Waals surface area contributed by atoms with E-state index in [0.29, 0.717) is 30.8 Å². The lowest BCUT2D eigenvalue weighted by molar-refractivity contribution is 0.0726. The number of likely N-dealkylation sites (tertiary alicyclic amines) is 1. The van der Waals surface area contributed by atoms with Gasteiger partial charge in [-0.15, -0.1) is 0 Å². The van der Waals surface area contributed by atoms with Crippen molar-refractivity contribution in [3.8, 4) is 5.82 Å². The highest BCUT2D eigenvalue weighted by molar-refractivity contribution is 7.90. The van der Waals surface area contributed by atoms with E-state index in [1.165, 1.54) is 0 Å². The maximum Gasteiger partial charge on any atom is 0.259 e. The molecule has 2 fully saturated rings. The number of hydrogen-bond acceptors (Lipinski definition) is 4. The van der Waals surface area contributed by atoms with Gasteiger partial charge in [0.2, 0.25) is 10.0 Å². The molecule has 1 saturated heterocycles. The van der Waals surface area contributed by atoms with Crippen molar-refractivity contribution in [2.45, 2.75) is 49.8 Å². The molecule has 0 radical (unpaired) electrons. The highest BCUT2D eigenvalue weighted by atomic mass is 32.2. The van der Waals surface area contributed by atoms with E-state index in [1.807, 2.05) is 29.1 Å². The Morgan fingerprint density at radius 3 is 2.57 bits per heavy atom. The summed E-state index contributed by atoms with van der Waals surface area (Å²) in [5.41, 5.74) is 0.487. The average Bonchev–Trinajstić information content (AvgIpc) is 3.43. The van der Waals surface area contributed by atoms with E-state index in [2.05, 4.69) is 9.82 Å². The fraction of sp³-hybridized carbons (Fsp3) is 0.579. The van der Waals surface area contributed by atoms with Crippen LogP contribution in [0.25, 0.3) is 5.82 Å². The Bertz CT molecular complexity index is 929. The molecule has 2 aromatic rings. The molecule has 9 heteroatoms. The molecule has 0 spiro atoms. The van der Waals surface area contributed by atoms with Crippen molar-refractivity contribution in [2.24, 2.45) is 7.05 Å². The highest BCUT2D eigenvalue weighted by Crippen LogP contribution is 2.24. The quantitative estimate of drug-likeness (QED) is 0.820. The maximum atomic E-state index is 13.2. The van der Waals surface area contributed by atoms with E-state index < -0.39 is 15.3 Å². The van der Waals surface area contributed by atoms with Gasteiger partial charge in [0.15, 0.2) is 0 Å². The molecular weight excluding hydrogens is 378 g/mol. The molecule has 8 nitrogen and oxygen atoms in total. The van der Waals surface area contributed by atoms with Crippen molar-refractivity contribution in [1.82, 2.24) is 24.0 Å². The van der Waals surface area contributed by atoms with E-state index in [-0.39, 0.29) is 18.5 Å². The van der Waals surface area contributed by atoms with Crippen LogP contribution in [-0.4, -0.2) is 58.0 Å². The first-order valence-corrected chi connectivity index (χ1v) is 11.5. The predicted octanol–water partition coefficient (Wildman–Crippen LogP) is 1.68. The van der Waals surface area contributed by atoms with Crippen LogP contribution in [0.1, 0.15) is 48.9 Å². The van der Waals surface area contributed by atoms with Crippen LogP contribution in [0.15, 0.2) is 30.7 Å². The topological polar surface area (TPSA) is 89.2 Å². The van der Waals surface area contributed by atoms with Crippen LogP contribution in [0.5, 0.6) is 0 Å². The molecule has 0 bridgehead atoms. The lowest BCUT2D eigenvalue weighted by atomic mass is 10.1. The number of piperidine rings is 1. The van der Waals surface area contributed by atoms with Crippen molar-refractivity contribution in [2.75, 3.05) is 13.1 Å². The number of aryl methyl sites for hydroxylation is 1. The molecule has 1 unspecified atom stereocenters. The van der Waals surface area contributed by atoms with Gasteiger partial charge in [0, 0.05) is 38.6 Å². The number of aromatic nitrogens is 3. The highest BCUT2D eigenvalue weighted by Gasteiger charge is 2.35. The number of carbonyl (C=O) groups is 1. The molecule has 1 saturated carbocycles. The number of amides is 1. The Hall–Kier alpha value is -2.13. The predicted molar refractivity (Wildman–Crippen MR) is 106 cm³/mol. The average molecular weight is 406 g/mol. The van der Waals surface area contributed by atoms with Gasteiger partial charge in [0.25, 0.3) is 5.91 Å². The van der Waals surface area contributed by atoms with Gasteiger partial charge in [0.1, 0.15) is 11.4 Å². The molecule has 3 heterocycles. The van der Waals surface area contributed by atoms with E-state index >= 15 is 0 Å². The van der Waals surface area contributed by atoms with E-state index in [9.17, 15) is 13.2 Å². The van der Waals surface area contributed by atoms with Crippen molar-refractivity contribution in [3.63, 3.8) is 0 Å². The Labute approximate surface area is 165 Å². The Morgan fingerprint density at radius 1 is 1.14 bits per heavy atom. The van der Waals surface area contributed by atoms with E-state index in [4.69, 9.17) is 0 Å². The molecule has 1 aliphatic carbocycles. The zero-order chi connectivity index (χ0) is 19.7. The monoisotopic (exact) mass is 405 g/mol. The van der Waals surface area contributed by atoms with Crippen LogP contribution < -0.4 is 4.72 Å². The first-order valence-electron chi connectivity index (χ1n) is 9.91. The second-order valence-corrected chi connectivity index (χ2v) is 9.75. The zero-order valence-electron chi connectivity index (χ0n) is 16.1. The molecule has 4 rings (SSSR count). The van der Waals surface area contributed by atoms with E-state index in [1.54, 1.807) is 22.8 Å². The minimum atomic E-state index is -3.43. The van der Waals surface area contributed by atoms with Crippen molar-refractivity contribution in [1.29, 1.82) is 0 Å². The van der Waals surface area contributed by atoms with Crippen molar-refractivity contribution < 1.29 is 13.2 Å². The van der Waals surface area contributed by atoms with Crippen LogP contribution in [0.2, 0.25) is 0 Å². The first-order chi connectivity index (χ1) is 13.5. The molecule has 1 aliphatic heterocycles. The van der Waals surface area contributed by atoms with Crippen molar-refractivity contribution >= 4 is 15.9 Å². The largest absolute Gasteiger partial charge is 0.337 e. The van der Waals surface area contributed by atoms with Crippen LogP contribution >= 0.6 is 0 Å². The molecule has 1 N–H and O–H groups in total. The summed E-state index contributed by atoms with van der Waals surface area (Å²) in [6.45, 7) is 0.787. The van der Waals surface area contributed by atoms with Gasteiger partial charge in [-0.1, -0.05) is 12.8 Å². The number of rotatable bonds is 5. The normalized spacial score (nSPS) is 21.3. The summed E-state index contributed by atoms with van der Waals surface area (Å²) in [4.78, 5) is 14.8. The van der Waals surface area contributed by atoms with Crippen LogP contribution in [0.3, 0.4) is 0 Å². The summed E-state index contributed by atoms with van der Waals surface area (Å²) in [6, 6.07) is 3.83. The van der Waals surface area contributed by atoms with Crippen LogP contribution in [-0.2, 0) is 17.1 Å². The number of nitrogens with zero attached hydrogens (tertiary/aromatic N) is 4. The lowest BCUT2D eigenvalue weighted by Gasteiger charge is -2.33. The van der Waals surface area contributed by atoms with E-state index in [0.717, 1.165) is 25.7 Å². The van der Waals surface area contributed by atoms with Crippen molar-refractivity contribution in [3.05, 3.63) is 36.3 Å². The molecule has 152 valence electrons. The first kappa shape index (κ1) is 19.2. The SMILES string of the molecule is Cn1ncc(C(=O)N2CCCC(S(=O)(=O)NC3CCCC3)C2)c1-n1cccc1. The van der Waals surface area contributed by atoms with Gasteiger partial charge in [-0.25, -0.2) is 13.1 Å². The molecule has 1 amide bonds. The maximum absolute atomic E-state index is 13.2. The van der Waals surface area contributed by atoms with Gasteiger partial charge in [0.05, 0.1) is 11.4 Å². The molecule has 2 aromatic heterocycles. The van der Waals surface area contributed by atoms with Gasteiger partial charge in [-0.3, -0.25) is 9.48 Å². The van der Waals surface area contributed by atoms with Gasteiger partial charge >= 0.3 is 0 Å². The minimum absolute atomic E-state index is 0.0507. The fourth-order valence-electron chi connectivity index (χ4n) is 4.28. The zero-order valence-corrected chi connectivity index (χ0v) is 16.9. The Balaban J connectivity index is 1.51. The summed E-state index contributed by atoms with van der Waals surface area (Å²) in [6.07, 6.45) is 10.5. The van der Waals surface area contributed by atoms with Gasteiger partial charge in [-0.05, 0) is 37.8 Å². The van der Waals surface area contributed by atoms with Crippen LogP contribution in [0, 0.1) is 0 Å². The summed E-state index contributed by atoms with van der Waals surface area (Å²) in [7, 11) is -1.64. The Kier molecular flexibility index (Phi) is 5.29. The second-order valence-electron chi connectivity index (χ2n) is 7.76. The van der Waals surface area contributed by atoms with Gasteiger partial charge in [-0.2, -0.15) is 5.10 Å². The summed E-state index contributed by atoms with van der Waals surface area (Å²) in [5, 5.41) is 3.68. The molecule has 1 atom stereocenters. The third-order valence-corrected chi connectivity index (χ3v) is 7.70. The summed E-state index contributed by atoms with van der Waals surface area (Å²) < 4.78 is 32.1. The van der Waals surface area contributed by atoms with Crippen LogP contribution in [0.4, 0.5) is 0 Å². The molecule has 28 heavy (non-hydrogen) atoms. The molecule has 0 aromatic carbocycles. The minimum Gasteiger partial charge on any atom is -0.337 e. The molecule has 2 aliphatic rings.